The molecule has 3 heteroatoms. The maximum atomic E-state index is 10.3. The number of aliphatic hydroxyl groups is 2. The van der Waals surface area contributed by atoms with Crippen LogP contribution in [0.2, 0.25) is 0 Å². The maximum absolute atomic E-state index is 10.3. The summed E-state index contributed by atoms with van der Waals surface area (Å²) in [6, 6.07) is 9.26. The minimum Gasteiger partial charge on any atom is -0.394 e. The van der Waals surface area contributed by atoms with Crippen molar-refractivity contribution in [3.63, 3.8) is 0 Å². The van der Waals surface area contributed by atoms with Crippen LogP contribution in [0.3, 0.4) is 0 Å². The number of benzene rings is 1. The smallest absolute Gasteiger partial charge is 0.192 e. The first kappa shape index (κ1) is 12.2. The van der Waals surface area contributed by atoms with Gasteiger partial charge < -0.3 is 14.9 Å². The molecule has 0 saturated heterocycles. The summed E-state index contributed by atoms with van der Waals surface area (Å²) in [5.41, 5.74) is 0.736. The van der Waals surface area contributed by atoms with Gasteiger partial charge in [-0.2, -0.15) is 0 Å². The van der Waals surface area contributed by atoms with Gasteiger partial charge in [-0.3, -0.25) is 0 Å². The quantitative estimate of drug-likeness (QED) is 0.702. The van der Waals surface area contributed by atoms with Gasteiger partial charge >= 0.3 is 0 Å². The Morgan fingerprint density at radius 1 is 1.27 bits per heavy atom. The minimum atomic E-state index is -1.27. The van der Waals surface area contributed by atoms with Crippen LogP contribution in [0.4, 0.5) is 0 Å². The maximum Gasteiger partial charge on any atom is 0.192 e. The van der Waals surface area contributed by atoms with Gasteiger partial charge in [0.1, 0.15) is 0 Å². The second-order valence-electron chi connectivity index (χ2n) is 3.47. The van der Waals surface area contributed by atoms with E-state index in [0.29, 0.717) is 6.42 Å². The Hall–Kier alpha value is -0.900. The second kappa shape index (κ2) is 5.85. The highest BCUT2D eigenvalue weighted by molar-refractivity contribution is 5.19. The molecule has 0 aromatic heterocycles. The molecule has 0 aliphatic carbocycles. The van der Waals surface area contributed by atoms with E-state index >= 15 is 0 Å². The lowest BCUT2D eigenvalue weighted by Crippen LogP contribution is -2.30. The van der Waals surface area contributed by atoms with Crippen molar-refractivity contribution in [2.45, 2.75) is 25.6 Å². The van der Waals surface area contributed by atoms with E-state index in [1.165, 1.54) is 0 Å². The molecular formula is C12H18O3. The van der Waals surface area contributed by atoms with Crippen molar-refractivity contribution >= 4 is 0 Å². The van der Waals surface area contributed by atoms with Crippen LogP contribution in [-0.4, -0.2) is 23.4 Å². The fraction of sp³-hybridized carbons (Fsp3) is 0.500. The molecule has 0 spiro atoms. The molecule has 0 radical (unpaired) electrons. The van der Waals surface area contributed by atoms with Crippen LogP contribution < -0.4 is 0 Å². The van der Waals surface area contributed by atoms with E-state index < -0.39 is 5.79 Å². The van der Waals surface area contributed by atoms with E-state index in [9.17, 15) is 5.11 Å². The van der Waals surface area contributed by atoms with Crippen LogP contribution in [-0.2, 0) is 10.5 Å². The molecule has 84 valence electrons. The van der Waals surface area contributed by atoms with E-state index in [4.69, 9.17) is 9.84 Å². The molecule has 1 atom stereocenters. The lowest BCUT2D eigenvalue weighted by molar-refractivity contribution is -0.221. The van der Waals surface area contributed by atoms with Crippen LogP contribution in [0.5, 0.6) is 0 Å². The summed E-state index contributed by atoms with van der Waals surface area (Å²) in [4.78, 5) is 0. The molecule has 0 heterocycles. The molecule has 0 fully saturated rings. The number of aliphatic hydroxyl groups excluding tert-OH is 1. The summed E-state index contributed by atoms with van der Waals surface area (Å²) in [7, 11) is 0. The number of hydrogen-bond acceptors (Lipinski definition) is 3. The standard InChI is InChI=1S/C12H18O3/c1-2-8-12(14,15-10-9-13)11-6-4-3-5-7-11/h3-7,13-14H,2,8-10H2,1H3. The van der Waals surface area contributed by atoms with Gasteiger partial charge in [-0.25, -0.2) is 0 Å². The first-order valence-electron chi connectivity index (χ1n) is 5.25. The Labute approximate surface area is 90.3 Å². The van der Waals surface area contributed by atoms with Gasteiger partial charge in [0.2, 0.25) is 0 Å². The lowest BCUT2D eigenvalue weighted by Gasteiger charge is -2.28. The topological polar surface area (TPSA) is 49.7 Å². The predicted octanol–water partition coefficient (Wildman–Crippen LogP) is 1.64. The third-order valence-electron chi connectivity index (χ3n) is 2.25. The fourth-order valence-corrected chi connectivity index (χ4v) is 1.55. The van der Waals surface area contributed by atoms with Crippen molar-refractivity contribution in [1.29, 1.82) is 0 Å². The summed E-state index contributed by atoms with van der Waals surface area (Å²) < 4.78 is 5.31. The number of rotatable bonds is 6. The van der Waals surface area contributed by atoms with Crippen molar-refractivity contribution in [3.05, 3.63) is 35.9 Å². The molecule has 15 heavy (non-hydrogen) atoms. The van der Waals surface area contributed by atoms with E-state index in [0.717, 1.165) is 12.0 Å². The monoisotopic (exact) mass is 210 g/mol. The summed E-state index contributed by atoms with van der Waals surface area (Å²) in [5, 5.41) is 19.0. The van der Waals surface area contributed by atoms with Gasteiger partial charge in [0.25, 0.3) is 0 Å². The Morgan fingerprint density at radius 2 is 1.93 bits per heavy atom. The van der Waals surface area contributed by atoms with Crippen LogP contribution in [0.1, 0.15) is 25.3 Å². The molecule has 0 bridgehead atoms. The van der Waals surface area contributed by atoms with Crippen molar-refractivity contribution in [2.75, 3.05) is 13.2 Å². The van der Waals surface area contributed by atoms with Crippen molar-refractivity contribution in [1.82, 2.24) is 0 Å². The first-order valence-corrected chi connectivity index (χ1v) is 5.25. The zero-order valence-corrected chi connectivity index (χ0v) is 9.02. The van der Waals surface area contributed by atoms with E-state index in [-0.39, 0.29) is 13.2 Å². The highest BCUT2D eigenvalue weighted by atomic mass is 16.6. The van der Waals surface area contributed by atoms with Crippen molar-refractivity contribution < 1.29 is 14.9 Å². The second-order valence-corrected chi connectivity index (χ2v) is 3.47. The zero-order valence-electron chi connectivity index (χ0n) is 9.02. The van der Waals surface area contributed by atoms with Gasteiger partial charge in [-0.1, -0.05) is 43.7 Å². The normalized spacial score (nSPS) is 14.9. The fourth-order valence-electron chi connectivity index (χ4n) is 1.55. The van der Waals surface area contributed by atoms with Gasteiger partial charge in [0.15, 0.2) is 5.79 Å². The zero-order chi connectivity index (χ0) is 11.1. The van der Waals surface area contributed by atoms with E-state index in [2.05, 4.69) is 0 Å². The van der Waals surface area contributed by atoms with Crippen LogP contribution in [0, 0.1) is 0 Å². The van der Waals surface area contributed by atoms with Gasteiger partial charge in [0, 0.05) is 12.0 Å². The highest BCUT2D eigenvalue weighted by Gasteiger charge is 2.28. The third kappa shape index (κ3) is 3.30. The summed E-state index contributed by atoms with van der Waals surface area (Å²) in [6.07, 6.45) is 1.34. The molecule has 2 N–H and O–H groups in total. The molecule has 1 rings (SSSR count). The molecule has 0 amide bonds. The van der Waals surface area contributed by atoms with Crippen LogP contribution >= 0.6 is 0 Å². The Kier molecular flexibility index (Phi) is 4.75. The largest absolute Gasteiger partial charge is 0.394 e. The lowest BCUT2D eigenvalue weighted by atomic mass is 10.0. The summed E-state index contributed by atoms with van der Waals surface area (Å²) >= 11 is 0. The molecule has 0 saturated carbocycles. The highest BCUT2D eigenvalue weighted by Crippen LogP contribution is 2.27. The molecule has 3 nitrogen and oxygen atoms in total. The molecule has 0 aliphatic rings. The minimum absolute atomic E-state index is 0.0845. The number of hydrogen-bond donors (Lipinski definition) is 2. The van der Waals surface area contributed by atoms with Crippen molar-refractivity contribution in [2.24, 2.45) is 0 Å². The molecule has 1 aromatic rings. The Bertz CT molecular complexity index is 273. The molecular weight excluding hydrogens is 192 g/mol. The SMILES string of the molecule is CCCC(O)(OCCO)c1ccccc1. The van der Waals surface area contributed by atoms with Crippen LogP contribution in [0.15, 0.2) is 30.3 Å². The average Bonchev–Trinajstić information content (AvgIpc) is 2.28. The van der Waals surface area contributed by atoms with Gasteiger partial charge in [-0.15, -0.1) is 0 Å². The Balaban J connectivity index is 2.80. The van der Waals surface area contributed by atoms with Gasteiger partial charge in [0.05, 0.1) is 13.2 Å². The summed E-state index contributed by atoms with van der Waals surface area (Å²) in [5.74, 6) is -1.27. The molecule has 0 aliphatic heterocycles. The molecule has 1 aromatic carbocycles. The predicted molar refractivity (Wildman–Crippen MR) is 58.3 cm³/mol. The number of ether oxygens (including phenoxy) is 1. The third-order valence-corrected chi connectivity index (χ3v) is 2.25. The van der Waals surface area contributed by atoms with E-state index in [1.54, 1.807) is 0 Å². The summed E-state index contributed by atoms with van der Waals surface area (Å²) in [6.45, 7) is 2.04. The first-order chi connectivity index (χ1) is 7.23. The Morgan fingerprint density at radius 3 is 2.47 bits per heavy atom. The van der Waals surface area contributed by atoms with Gasteiger partial charge in [-0.05, 0) is 0 Å². The van der Waals surface area contributed by atoms with Crippen molar-refractivity contribution in [3.8, 4) is 0 Å². The molecule has 1 unspecified atom stereocenters. The van der Waals surface area contributed by atoms with Crippen LogP contribution in [0.25, 0.3) is 0 Å². The average molecular weight is 210 g/mol. The van der Waals surface area contributed by atoms with E-state index in [1.807, 2.05) is 37.3 Å².